The van der Waals surface area contributed by atoms with Gasteiger partial charge in [-0.15, -0.1) is 12.6 Å². The van der Waals surface area contributed by atoms with Gasteiger partial charge in [0.05, 0.1) is 6.07 Å². The van der Waals surface area contributed by atoms with Crippen LogP contribution in [0.2, 0.25) is 0 Å². The van der Waals surface area contributed by atoms with Crippen LogP contribution in [0.1, 0.15) is 23.7 Å². The van der Waals surface area contributed by atoms with Crippen molar-refractivity contribution >= 4 is 18.6 Å². The van der Waals surface area contributed by atoms with E-state index in [-0.39, 0.29) is 5.56 Å². The first-order valence-electron chi connectivity index (χ1n) is 4.65. The van der Waals surface area contributed by atoms with Gasteiger partial charge >= 0.3 is 5.97 Å². The normalized spacial score (nSPS) is 11.8. The fourth-order valence-electron chi connectivity index (χ4n) is 1.34. The van der Waals surface area contributed by atoms with Crippen LogP contribution in [0.5, 0.6) is 0 Å². The van der Waals surface area contributed by atoms with Gasteiger partial charge in [0.25, 0.3) is 0 Å². The number of benzene rings is 1. The second-order valence-corrected chi connectivity index (χ2v) is 3.85. The highest BCUT2D eigenvalue weighted by Crippen LogP contribution is 2.20. The SMILES string of the molecule is N#CCCc1cc(S)cc(C(O)C(=O)O)c1. The Morgan fingerprint density at radius 3 is 2.75 bits per heavy atom. The predicted molar refractivity (Wildman–Crippen MR) is 60.2 cm³/mol. The van der Waals surface area contributed by atoms with E-state index in [2.05, 4.69) is 12.6 Å². The van der Waals surface area contributed by atoms with Crippen LogP contribution in [-0.4, -0.2) is 16.2 Å². The summed E-state index contributed by atoms with van der Waals surface area (Å²) in [5, 5.41) is 26.5. The summed E-state index contributed by atoms with van der Waals surface area (Å²) in [5.41, 5.74) is 1.08. The number of nitriles is 1. The molecule has 0 fully saturated rings. The number of carbonyl (C=O) groups is 1. The third kappa shape index (κ3) is 3.26. The maximum Gasteiger partial charge on any atom is 0.337 e. The van der Waals surface area contributed by atoms with Gasteiger partial charge in [-0.2, -0.15) is 5.26 Å². The first-order valence-corrected chi connectivity index (χ1v) is 5.10. The molecule has 4 nitrogen and oxygen atoms in total. The van der Waals surface area contributed by atoms with E-state index in [0.717, 1.165) is 5.56 Å². The van der Waals surface area contributed by atoms with Crippen LogP contribution < -0.4 is 0 Å². The summed E-state index contributed by atoms with van der Waals surface area (Å²) in [4.78, 5) is 11.2. The van der Waals surface area contributed by atoms with Crippen molar-refractivity contribution in [3.05, 3.63) is 29.3 Å². The molecular formula is C11H11NO3S. The topological polar surface area (TPSA) is 81.3 Å². The lowest BCUT2D eigenvalue weighted by Gasteiger charge is -2.09. The van der Waals surface area contributed by atoms with Gasteiger partial charge in [0.2, 0.25) is 0 Å². The van der Waals surface area contributed by atoms with Crippen LogP contribution in [-0.2, 0) is 11.2 Å². The molecule has 0 aliphatic carbocycles. The van der Waals surface area contributed by atoms with Gasteiger partial charge in [-0.1, -0.05) is 6.07 Å². The maximum atomic E-state index is 10.6. The van der Waals surface area contributed by atoms with Crippen LogP contribution in [0.3, 0.4) is 0 Å². The average molecular weight is 237 g/mol. The van der Waals surface area contributed by atoms with Gasteiger partial charge in [0.15, 0.2) is 6.10 Å². The van der Waals surface area contributed by atoms with Crippen molar-refractivity contribution in [3.63, 3.8) is 0 Å². The Balaban J connectivity index is 2.98. The first kappa shape index (κ1) is 12.6. The molecule has 1 unspecified atom stereocenters. The molecule has 1 aromatic carbocycles. The zero-order chi connectivity index (χ0) is 12.1. The zero-order valence-corrected chi connectivity index (χ0v) is 9.32. The fraction of sp³-hybridized carbons (Fsp3) is 0.273. The first-order chi connectivity index (χ1) is 7.54. The molecule has 0 bridgehead atoms. The van der Waals surface area contributed by atoms with Crippen molar-refractivity contribution in [1.82, 2.24) is 0 Å². The number of aryl methyl sites for hydroxylation is 1. The lowest BCUT2D eigenvalue weighted by molar-refractivity contribution is -0.146. The minimum absolute atomic E-state index is 0.285. The number of hydrogen-bond donors (Lipinski definition) is 3. The molecule has 84 valence electrons. The van der Waals surface area contributed by atoms with Crippen LogP contribution in [0.25, 0.3) is 0 Å². The molecule has 1 atom stereocenters. The smallest absolute Gasteiger partial charge is 0.337 e. The Hall–Kier alpha value is -1.51. The van der Waals surface area contributed by atoms with E-state index >= 15 is 0 Å². The Morgan fingerprint density at radius 2 is 2.19 bits per heavy atom. The van der Waals surface area contributed by atoms with Gasteiger partial charge in [-0.25, -0.2) is 4.79 Å². The molecule has 1 aromatic rings. The molecule has 0 aliphatic heterocycles. The third-order valence-corrected chi connectivity index (χ3v) is 2.33. The number of aliphatic hydroxyl groups is 1. The summed E-state index contributed by atoms with van der Waals surface area (Å²) < 4.78 is 0. The van der Waals surface area contributed by atoms with Crippen molar-refractivity contribution < 1.29 is 15.0 Å². The van der Waals surface area contributed by atoms with Crippen molar-refractivity contribution in [2.24, 2.45) is 0 Å². The summed E-state index contributed by atoms with van der Waals surface area (Å²) in [5.74, 6) is -1.30. The van der Waals surface area contributed by atoms with Gasteiger partial charge in [-0.3, -0.25) is 0 Å². The van der Waals surface area contributed by atoms with E-state index in [4.69, 9.17) is 10.4 Å². The van der Waals surface area contributed by atoms with Crippen molar-refractivity contribution in [1.29, 1.82) is 5.26 Å². The highest BCUT2D eigenvalue weighted by atomic mass is 32.1. The standard InChI is InChI=1S/C11H11NO3S/c12-3-1-2-7-4-8(6-9(16)5-7)10(13)11(14)15/h4-6,10,13,16H,1-2H2,(H,14,15). The highest BCUT2D eigenvalue weighted by molar-refractivity contribution is 7.80. The largest absolute Gasteiger partial charge is 0.479 e. The third-order valence-electron chi connectivity index (χ3n) is 2.08. The van der Waals surface area contributed by atoms with E-state index in [1.165, 1.54) is 6.07 Å². The molecule has 0 saturated heterocycles. The number of carboxylic acids is 1. The summed E-state index contributed by atoms with van der Waals surface area (Å²) in [6.07, 6.45) is -0.683. The molecule has 0 aromatic heterocycles. The molecule has 0 amide bonds. The molecule has 2 N–H and O–H groups in total. The monoisotopic (exact) mass is 237 g/mol. The maximum absolute atomic E-state index is 10.6. The molecule has 5 heteroatoms. The van der Waals surface area contributed by atoms with E-state index < -0.39 is 12.1 Å². The van der Waals surface area contributed by atoms with Crippen LogP contribution in [0.4, 0.5) is 0 Å². The Labute approximate surface area is 98.6 Å². The molecule has 0 saturated carbocycles. The number of rotatable bonds is 4. The van der Waals surface area contributed by atoms with E-state index in [0.29, 0.717) is 17.7 Å². The molecule has 0 spiro atoms. The molecule has 0 radical (unpaired) electrons. The highest BCUT2D eigenvalue weighted by Gasteiger charge is 2.16. The van der Waals surface area contributed by atoms with Crippen molar-refractivity contribution in [3.8, 4) is 6.07 Å². The van der Waals surface area contributed by atoms with Crippen molar-refractivity contribution in [2.45, 2.75) is 23.8 Å². The minimum Gasteiger partial charge on any atom is -0.479 e. The Bertz CT molecular complexity index is 439. The predicted octanol–water partition coefficient (Wildman–Crippen LogP) is 1.55. The number of thiol groups is 1. The Morgan fingerprint density at radius 1 is 1.50 bits per heavy atom. The quantitative estimate of drug-likeness (QED) is 0.694. The molecule has 16 heavy (non-hydrogen) atoms. The summed E-state index contributed by atoms with van der Waals surface area (Å²) in [6.45, 7) is 0. The number of aliphatic hydroxyl groups excluding tert-OH is 1. The summed E-state index contributed by atoms with van der Waals surface area (Å²) >= 11 is 4.12. The molecule has 0 aliphatic rings. The van der Waals surface area contributed by atoms with Gasteiger partial charge in [-0.05, 0) is 29.7 Å². The van der Waals surface area contributed by atoms with Gasteiger partial charge in [0, 0.05) is 11.3 Å². The molecular weight excluding hydrogens is 226 g/mol. The number of nitrogens with zero attached hydrogens (tertiary/aromatic N) is 1. The molecule has 0 heterocycles. The number of hydrogen-bond acceptors (Lipinski definition) is 4. The van der Waals surface area contributed by atoms with E-state index in [9.17, 15) is 9.90 Å². The van der Waals surface area contributed by atoms with Crippen LogP contribution >= 0.6 is 12.6 Å². The van der Waals surface area contributed by atoms with Crippen LogP contribution in [0, 0.1) is 11.3 Å². The van der Waals surface area contributed by atoms with E-state index in [1.54, 1.807) is 12.1 Å². The van der Waals surface area contributed by atoms with Crippen molar-refractivity contribution in [2.75, 3.05) is 0 Å². The van der Waals surface area contributed by atoms with Gasteiger partial charge in [0.1, 0.15) is 0 Å². The van der Waals surface area contributed by atoms with Crippen LogP contribution in [0.15, 0.2) is 23.1 Å². The van der Waals surface area contributed by atoms with E-state index in [1.807, 2.05) is 6.07 Å². The zero-order valence-electron chi connectivity index (χ0n) is 8.42. The number of carboxylic acid groups (broad SMARTS) is 1. The second-order valence-electron chi connectivity index (χ2n) is 3.33. The number of aliphatic carboxylic acids is 1. The molecule has 1 rings (SSSR count). The average Bonchev–Trinajstić information content (AvgIpc) is 2.24. The lowest BCUT2D eigenvalue weighted by atomic mass is 10.0. The summed E-state index contributed by atoms with van der Waals surface area (Å²) in [7, 11) is 0. The minimum atomic E-state index is -1.55. The second kappa shape index (κ2) is 5.54. The summed E-state index contributed by atoms with van der Waals surface area (Å²) in [6, 6.07) is 6.83. The fourth-order valence-corrected chi connectivity index (χ4v) is 1.66. The van der Waals surface area contributed by atoms with Gasteiger partial charge < -0.3 is 10.2 Å². The Kier molecular flexibility index (Phi) is 4.35. The lowest BCUT2D eigenvalue weighted by Crippen LogP contribution is -2.10.